The number of rotatable bonds is 5. The van der Waals surface area contributed by atoms with E-state index in [1.165, 1.54) is 0 Å². The van der Waals surface area contributed by atoms with Crippen molar-refractivity contribution in [2.24, 2.45) is 0 Å². The third-order valence-corrected chi connectivity index (χ3v) is 2.52. The maximum absolute atomic E-state index is 12.6. The molecule has 1 unspecified atom stereocenters. The number of hydrogen-bond donors (Lipinski definition) is 3. The summed E-state index contributed by atoms with van der Waals surface area (Å²) in [6.07, 6.45) is -5.87. The number of aliphatic hydroxyl groups is 2. The molecular weight excluding hydrogens is 307 g/mol. The second-order valence-corrected chi connectivity index (χ2v) is 4.35. The average Bonchev–Trinajstić information content (AvgIpc) is 2.42. The van der Waals surface area contributed by atoms with Crippen LogP contribution in [0, 0.1) is 0 Å². The molecule has 1 amide bonds. The first kappa shape index (κ1) is 17.9. The minimum Gasteiger partial charge on any atom is -0.426 e. The molecule has 0 spiro atoms. The normalized spacial score (nSPS) is 12.6. The summed E-state index contributed by atoms with van der Waals surface area (Å²) in [4.78, 5) is 22.8. The Kier molecular flexibility index (Phi) is 5.89. The molecule has 1 aromatic rings. The van der Waals surface area contributed by atoms with Crippen LogP contribution in [-0.2, 0) is 11.0 Å². The largest absolute Gasteiger partial charge is 0.426 e. The van der Waals surface area contributed by atoms with Crippen molar-refractivity contribution in [1.82, 2.24) is 5.32 Å². The lowest BCUT2D eigenvalue weighted by Gasteiger charge is -2.14. The summed E-state index contributed by atoms with van der Waals surface area (Å²) in [6.45, 7) is 0.0808. The highest BCUT2D eigenvalue weighted by molar-refractivity contribution is 5.97. The van der Waals surface area contributed by atoms with Gasteiger partial charge >= 0.3 is 12.1 Å². The molecule has 122 valence electrons. The van der Waals surface area contributed by atoms with Gasteiger partial charge in [0.05, 0.1) is 23.8 Å². The summed E-state index contributed by atoms with van der Waals surface area (Å²) >= 11 is 0. The molecule has 1 aromatic carbocycles. The predicted molar refractivity (Wildman–Crippen MR) is 68.2 cm³/mol. The molecule has 9 heteroatoms. The van der Waals surface area contributed by atoms with Crippen LogP contribution in [0.25, 0.3) is 0 Å². The lowest BCUT2D eigenvalue weighted by Crippen LogP contribution is -2.34. The van der Waals surface area contributed by atoms with Gasteiger partial charge in [0.1, 0.15) is 5.75 Å². The maximum Gasteiger partial charge on any atom is 0.416 e. The number of esters is 1. The lowest BCUT2D eigenvalue weighted by molar-refractivity contribution is -0.138. The van der Waals surface area contributed by atoms with Crippen LogP contribution in [0.3, 0.4) is 0 Å². The van der Waals surface area contributed by atoms with Gasteiger partial charge in [-0.15, -0.1) is 0 Å². The Balaban J connectivity index is 3.07. The van der Waals surface area contributed by atoms with Crippen molar-refractivity contribution in [3.63, 3.8) is 0 Å². The van der Waals surface area contributed by atoms with Gasteiger partial charge in [-0.2, -0.15) is 13.2 Å². The van der Waals surface area contributed by atoms with Gasteiger partial charge in [-0.05, 0) is 18.2 Å². The summed E-state index contributed by atoms with van der Waals surface area (Å²) in [5.74, 6) is -2.28. The highest BCUT2D eigenvalue weighted by atomic mass is 19.4. The molecule has 22 heavy (non-hydrogen) atoms. The van der Waals surface area contributed by atoms with E-state index in [0.717, 1.165) is 13.0 Å². The van der Waals surface area contributed by atoms with Crippen LogP contribution >= 0.6 is 0 Å². The zero-order valence-electron chi connectivity index (χ0n) is 11.5. The summed E-state index contributed by atoms with van der Waals surface area (Å²) in [6, 6.07) is 2.07. The zero-order valence-corrected chi connectivity index (χ0v) is 11.5. The summed E-state index contributed by atoms with van der Waals surface area (Å²) < 4.78 is 42.5. The number of alkyl halides is 3. The molecule has 0 aromatic heterocycles. The fourth-order valence-corrected chi connectivity index (χ4v) is 1.50. The quantitative estimate of drug-likeness (QED) is 0.548. The first-order chi connectivity index (χ1) is 10.1. The molecule has 0 fully saturated rings. The van der Waals surface area contributed by atoms with E-state index in [9.17, 15) is 22.8 Å². The van der Waals surface area contributed by atoms with Gasteiger partial charge in [0.25, 0.3) is 5.91 Å². The van der Waals surface area contributed by atoms with Crippen LogP contribution in [0.15, 0.2) is 18.2 Å². The van der Waals surface area contributed by atoms with Gasteiger partial charge in [0.15, 0.2) is 0 Å². The molecule has 1 rings (SSSR count). The van der Waals surface area contributed by atoms with Gasteiger partial charge in [-0.1, -0.05) is 0 Å². The number of nitrogens with one attached hydrogen (secondary N) is 1. The predicted octanol–water partition coefficient (Wildman–Crippen LogP) is 0.714. The zero-order chi connectivity index (χ0) is 16.9. The fourth-order valence-electron chi connectivity index (χ4n) is 1.50. The van der Waals surface area contributed by atoms with E-state index in [0.29, 0.717) is 12.1 Å². The summed E-state index contributed by atoms with van der Waals surface area (Å²) in [7, 11) is 0. The number of halogens is 3. The SMILES string of the molecule is CC(=O)Oc1cc(C(F)(F)F)ccc1C(=O)NCC(O)CO. The van der Waals surface area contributed by atoms with E-state index in [1.807, 2.05) is 0 Å². The monoisotopic (exact) mass is 321 g/mol. The number of ether oxygens (including phenoxy) is 1. The molecule has 0 saturated heterocycles. The number of carbonyl (C=O) groups is 2. The molecule has 0 aliphatic rings. The number of carbonyl (C=O) groups excluding carboxylic acids is 2. The number of hydrogen-bond acceptors (Lipinski definition) is 5. The molecule has 3 N–H and O–H groups in total. The topological polar surface area (TPSA) is 95.9 Å². The Morgan fingerprint density at radius 1 is 1.36 bits per heavy atom. The van der Waals surface area contributed by atoms with E-state index >= 15 is 0 Å². The van der Waals surface area contributed by atoms with Crippen molar-refractivity contribution in [3.05, 3.63) is 29.3 Å². The van der Waals surface area contributed by atoms with Crippen LogP contribution in [0.1, 0.15) is 22.8 Å². The standard InChI is InChI=1S/C13H14F3NO5/c1-7(19)22-11-4-8(13(14,15)16)2-3-10(11)12(21)17-5-9(20)6-18/h2-4,9,18,20H,5-6H2,1H3,(H,17,21). The van der Waals surface area contributed by atoms with Crippen LogP contribution in [-0.4, -0.2) is 41.3 Å². The summed E-state index contributed by atoms with van der Waals surface area (Å²) in [5, 5.41) is 19.9. The second-order valence-electron chi connectivity index (χ2n) is 4.35. The second kappa shape index (κ2) is 7.23. The average molecular weight is 321 g/mol. The molecular formula is C13H14F3NO5. The number of amides is 1. The van der Waals surface area contributed by atoms with Crippen molar-refractivity contribution < 1.29 is 37.7 Å². The van der Waals surface area contributed by atoms with E-state index in [4.69, 9.17) is 10.2 Å². The first-order valence-corrected chi connectivity index (χ1v) is 6.12. The van der Waals surface area contributed by atoms with Crippen LogP contribution in [0.5, 0.6) is 5.75 Å². The molecule has 0 bridgehead atoms. The number of aliphatic hydroxyl groups excluding tert-OH is 2. The van der Waals surface area contributed by atoms with Gasteiger partial charge in [-0.25, -0.2) is 0 Å². The van der Waals surface area contributed by atoms with E-state index in [1.54, 1.807) is 0 Å². The smallest absolute Gasteiger partial charge is 0.416 e. The van der Waals surface area contributed by atoms with E-state index in [2.05, 4.69) is 10.1 Å². The van der Waals surface area contributed by atoms with Gasteiger partial charge in [0, 0.05) is 13.5 Å². The Hall–Kier alpha value is -2.13. The van der Waals surface area contributed by atoms with Crippen LogP contribution < -0.4 is 10.1 Å². The summed E-state index contributed by atoms with van der Waals surface area (Å²) in [5.41, 5.74) is -1.37. The van der Waals surface area contributed by atoms with Gasteiger partial charge in [0.2, 0.25) is 0 Å². The maximum atomic E-state index is 12.6. The molecule has 0 heterocycles. The van der Waals surface area contributed by atoms with Crippen LogP contribution in [0.4, 0.5) is 13.2 Å². The molecule has 0 aliphatic heterocycles. The van der Waals surface area contributed by atoms with Crippen molar-refractivity contribution in [3.8, 4) is 5.75 Å². The molecule has 0 radical (unpaired) electrons. The lowest BCUT2D eigenvalue weighted by atomic mass is 10.1. The Morgan fingerprint density at radius 2 is 2.00 bits per heavy atom. The molecule has 0 aliphatic carbocycles. The fraction of sp³-hybridized carbons (Fsp3) is 0.385. The third kappa shape index (κ3) is 5.01. The number of benzene rings is 1. The highest BCUT2D eigenvalue weighted by Crippen LogP contribution is 2.33. The Morgan fingerprint density at radius 3 is 2.50 bits per heavy atom. The minimum absolute atomic E-state index is 0.298. The van der Waals surface area contributed by atoms with Crippen molar-refractivity contribution in [2.45, 2.75) is 19.2 Å². The van der Waals surface area contributed by atoms with Crippen molar-refractivity contribution in [2.75, 3.05) is 13.2 Å². The third-order valence-electron chi connectivity index (χ3n) is 2.52. The Bertz CT molecular complexity index is 559. The molecule has 0 saturated carbocycles. The first-order valence-electron chi connectivity index (χ1n) is 6.12. The minimum atomic E-state index is -4.66. The van der Waals surface area contributed by atoms with Crippen molar-refractivity contribution >= 4 is 11.9 Å². The van der Waals surface area contributed by atoms with Gasteiger partial charge in [-0.3, -0.25) is 9.59 Å². The van der Waals surface area contributed by atoms with Crippen LogP contribution in [0.2, 0.25) is 0 Å². The van der Waals surface area contributed by atoms with E-state index in [-0.39, 0.29) is 12.1 Å². The Labute approximate surface area is 123 Å². The van der Waals surface area contributed by atoms with E-state index < -0.39 is 42.1 Å². The van der Waals surface area contributed by atoms with Crippen molar-refractivity contribution in [1.29, 1.82) is 0 Å². The van der Waals surface area contributed by atoms with Gasteiger partial charge < -0.3 is 20.3 Å². The highest BCUT2D eigenvalue weighted by Gasteiger charge is 2.32. The molecule has 6 nitrogen and oxygen atoms in total. The molecule has 1 atom stereocenters.